The van der Waals surface area contributed by atoms with Gasteiger partial charge in [-0.2, -0.15) is 0 Å². The first kappa shape index (κ1) is 10.8. The lowest BCUT2D eigenvalue weighted by molar-refractivity contribution is 1.04. The van der Waals surface area contributed by atoms with Crippen molar-refractivity contribution < 1.29 is 0 Å². The summed E-state index contributed by atoms with van der Waals surface area (Å²) in [6.45, 7) is 2.56. The fourth-order valence-corrected chi connectivity index (χ4v) is 1.36. The molecular formula is C11H11ClN4. The molecule has 0 saturated carbocycles. The van der Waals surface area contributed by atoms with E-state index in [-0.39, 0.29) is 0 Å². The summed E-state index contributed by atoms with van der Waals surface area (Å²) in [4.78, 5) is 12.3. The summed E-state index contributed by atoms with van der Waals surface area (Å²) < 4.78 is 0. The van der Waals surface area contributed by atoms with Crippen LogP contribution in [0.3, 0.4) is 0 Å². The second-order valence-electron chi connectivity index (χ2n) is 3.39. The Morgan fingerprint density at radius 2 is 2.12 bits per heavy atom. The normalized spacial score (nSPS) is 10.1. The molecule has 4 nitrogen and oxygen atoms in total. The number of rotatable bonds is 3. The third-order valence-electron chi connectivity index (χ3n) is 2.02. The number of anilines is 1. The lowest BCUT2D eigenvalue weighted by Crippen LogP contribution is -2.02. The molecule has 2 heterocycles. The topological polar surface area (TPSA) is 50.7 Å². The van der Waals surface area contributed by atoms with Crippen molar-refractivity contribution in [1.82, 2.24) is 15.0 Å². The van der Waals surface area contributed by atoms with Crippen LogP contribution < -0.4 is 5.32 Å². The summed E-state index contributed by atoms with van der Waals surface area (Å²) in [5.74, 6) is 0.759. The molecule has 1 N–H and O–H groups in total. The molecule has 0 radical (unpaired) electrons. The number of aryl methyl sites for hydroxylation is 1. The molecule has 2 aromatic rings. The van der Waals surface area contributed by atoms with E-state index in [4.69, 9.17) is 11.6 Å². The lowest BCUT2D eigenvalue weighted by atomic mass is 10.3. The molecule has 0 spiro atoms. The van der Waals surface area contributed by atoms with Crippen LogP contribution in [0, 0.1) is 6.92 Å². The van der Waals surface area contributed by atoms with E-state index in [0.29, 0.717) is 11.7 Å². The van der Waals surface area contributed by atoms with E-state index in [9.17, 15) is 0 Å². The highest BCUT2D eigenvalue weighted by Crippen LogP contribution is 2.07. The molecule has 82 valence electrons. The van der Waals surface area contributed by atoms with Crippen LogP contribution in [0.5, 0.6) is 0 Å². The highest BCUT2D eigenvalue weighted by Gasteiger charge is 1.97. The molecule has 0 aliphatic carbocycles. The maximum Gasteiger partial charge on any atom is 0.145 e. The van der Waals surface area contributed by atoms with Crippen LogP contribution in [0.2, 0.25) is 5.15 Å². The van der Waals surface area contributed by atoms with Crippen molar-refractivity contribution in [1.29, 1.82) is 0 Å². The number of pyridine rings is 1. The van der Waals surface area contributed by atoms with E-state index in [1.54, 1.807) is 24.7 Å². The molecule has 16 heavy (non-hydrogen) atoms. The van der Waals surface area contributed by atoms with Gasteiger partial charge in [-0.15, -0.1) is 0 Å². The maximum absolute atomic E-state index is 5.70. The zero-order valence-electron chi connectivity index (χ0n) is 8.81. The highest BCUT2D eigenvalue weighted by atomic mass is 35.5. The summed E-state index contributed by atoms with van der Waals surface area (Å²) in [6.07, 6.45) is 5.14. The first-order chi connectivity index (χ1) is 7.74. The van der Waals surface area contributed by atoms with Gasteiger partial charge in [0.2, 0.25) is 0 Å². The van der Waals surface area contributed by atoms with Crippen LogP contribution in [0.4, 0.5) is 5.82 Å². The van der Waals surface area contributed by atoms with Crippen molar-refractivity contribution in [2.75, 3.05) is 5.32 Å². The molecule has 0 fully saturated rings. The zero-order chi connectivity index (χ0) is 11.4. The lowest BCUT2D eigenvalue weighted by Gasteiger charge is -2.05. The Kier molecular flexibility index (Phi) is 3.31. The van der Waals surface area contributed by atoms with Crippen LogP contribution in [0.1, 0.15) is 11.3 Å². The highest BCUT2D eigenvalue weighted by molar-refractivity contribution is 6.29. The van der Waals surface area contributed by atoms with Gasteiger partial charge in [0, 0.05) is 18.9 Å². The Morgan fingerprint density at radius 1 is 1.25 bits per heavy atom. The standard InChI is InChI=1S/C11H11ClN4/c1-8-4-13-7-11(16-8)15-6-9-2-3-10(12)14-5-9/h2-5,7H,6H2,1H3,(H,15,16). The van der Waals surface area contributed by atoms with Crippen molar-refractivity contribution in [3.63, 3.8) is 0 Å². The minimum absolute atomic E-state index is 0.499. The molecule has 0 unspecified atom stereocenters. The van der Waals surface area contributed by atoms with Crippen LogP contribution in [-0.4, -0.2) is 15.0 Å². The number of hydrogen-bond donors (Lipinski definition) is 1. The first-order valence-corrected chi connectivity index (χ1v) is 5.25. The van der Waals surface area contributed by atoms with Gasteiger partial charge in [0.1, 0.15) is 11.0 Å². The van der Waals surface area contributed by atoms with Gasteiger partial charge in [0.15, 0.2) is 0 Å². The summed E-state index contributed by atoms with van der Waals surface area (Å²) in [7, 11) is 0. The van der Waals surface area contributed by atoms with E-state index >= 15 is 0 Å². The molecule has 5 heteroatoms. The van der Waals surface area contributed by atoms with Gasteiger partial charge < -0.3 is 5.32 Å². The largest absolute Gasteiger partial charge is 0.365 e. The van der Waals surface area contributed by atoms with Crippen LogP contribution >= 0.6 is 11.6 Å². The van der Waals surface area contributed by atoms with Gasteiger partial charge in [-0.3, -0.25) is 4.98 Å². The number of aromatic nitrogens is 3. The fraction of sp³-hybridized carbons (Fsp3) is 0.182. The summed E-state index contributed by atoms with van der Waals surface area (Å²) in [5, 5.41) is 3.66. The van der Waals surface area contributed by atoms with E-state index in [2.05, 4.69) is 20.3 Å². The Hall–Kier alpha value is -1.68. The van der Waals surface area contributed by atoms with Crippen LogP contribution in [-0.2, 0) is 6.54 Å². The molecular weight excluding hydrogens is 224 g/mol. The number of hydrogen-bond acceptors (Lipinski definition) is 4. The van der Waals surface area contributed by atoms with Gasteiger partial charge in [0.05, 0.1) is 11.9 Å². The summed E-state index contributed by atoms with van der Waals surface area (Å²) in [6, 6.07) is 3.69. The quantitative estimate of drug-likeness (QED) is 0.829. The minimum atomic E-state index is 0.499. The second-order valence-corrected chi connectivity index (χ2v) is 3.78. The van der Waals surface area contributed by atoms with Crippen molar-refractivity contribution in [2.45, 2.75) is 13.5 Å². The van der Waals surface area contributed by atoms with Crippen molar-refractivity contribution in [3.05, 3.63) is 47.1 Å². The van der Waals surface area contributed by atoms with Gasteiger partial charge in [-0.1, -0.05) is 17.7 Å². The van der Waals surface area contributed by atoms with Crippen molar-refractivity contribution >= 4 is 17.4 Å². The fourth-order valence-electron chi connectivity index (χ4n) is 1.25. The SMILES string of the molecule is Cc1cncc(NCc2ccc(Cl)nc2)n1. The Labute approximate surface area is 98.7 Å². The second kappa shape index (κ2) is 4.90. The number of halogens is 1. The monoisotopic (exact) mass is 234 g/mol. The average molecular weight is 235 g/mol. The molecule has 0 amide bonds. The molecule has 0 saturated heterocycles. The summed E-state index contributed by atoms with van der Waals surface area (Å²) >= 11 is 5.70. The predicted molar refractivity (Wildman–Crippen MR) is 63.3 cm³/mol. The van der Waals surface area contributed by atoms with Crippen molar-refractivity contribution in [3.8, 4) is 0 Å². The van der Waals surface area contributed by atoms with Crippen LogP contribution in [0.25, 0.3) is 0 Å². The molecule has 0 bridgehead atoms. The zero-order valence-corrected chi connectivity index (χ0v) is 9.57. The van der Waals surface area contributed by atoms with Crippen molar-refractivity contribution in [2.24, 2.45) is 0 Å². The number of nitrogens with zero attached hydrogens (tertiary/aromatic N) is 3. The van der Waals surface area contributed by atoms with E-state index in [1.165, 1.54) is 0 Å². The molecule has 2 aromatic heterocycles. The first-order valence-electron chi connectivity index (χ1n) is 4.87. The summed E-state index contributed by atoms with van der Waals surface area (Å²) in [5.41, 5.74) is 1.94. The molecule has 2 rings (SSSR count). The number of nitrogens with one attached hydrogen (secondary N) is 1. The Balaban J connectivity index is 1.99. The maximum atomic E-state index is 5.70. The Morgan fingerprint density at radius 3 is 2.81 bits per heavy atom. The molecule has 0 aliphatic rings. The Bertz CT molecular complexity index is 470. The molecule has 0 aliphatic heterocycles. The molecule has 0 aromatic carbocycles. The van der Waals surface area contributed by atoms with E-state index in [1.807, 2.05) is 13.0 Å². The van der Waals surface area contributed by atoms with Gasteiger partial charge >= 0.3 is 0 Å². The third-order valence-corrected chi connectivity index (χ3v) is 2.24. The van der Waals surface area contributed by atoms with Gasteiger partial charge in [-0.25, -0.2) is 9.97 Å². The molecule has 0 atom stereocenters. The van der Waals surface area contributed by atoms with Gasteiger partial charge in [-0.05, 0) is 18.6 Å². The average Bonchev–Trinajstić information content (AvgIpc) is 2.28. The van der Waals surface area contributed by atoms with E-state index in [0.717, 1.165) is 17.1 Å². The minimum Gasteiger partial charge on any atom is -0.365 e. The van der Waals surface area contributed by atoms with E-state index < -0.39 is 0 Å². The smallest absolute Gasteiger partial charge is 0.145 e. The predicted octanol–water partition coefficient (Wildman–Crippen LogP) is 2.45. The third kappa shape index (κ3) is 2.90. The van der Waals surface area contributed by atoms with Crippen LogP contribution in [0.15, 0.2) is 30.7 Å². The van der Waals surface area contributed by atoms with Gasteiger partial charge in [0.25, 0.3) is 0 Å².